The number of aryl methyl sites for hydroxylation is 1. The minimum Gasteiger partial charge on any atom is -0.368 e. The summed E-state index contributed by atoms with van der Waals surface area (Å²) in [7, 11) is 0. The number of carbonyl (C=O) groups is 1. The normalized spacial score (nSPS) is 14.8. The lowest BCUT2D eigenvalue weighted by molar-refractivity contribution is -0.124. The number of aromatic nitrogens is 2. The highest BCUT2D eigenvalue weighted by Gasteiger charge is 2.30. The minimum absolute atomic E-state index is 0.347. The Kier molecular flexibility index (Phi) is 3.70. The lowest BCUT2D eigenvalue weighted by atomic mass is 10.0. The smallest absolute Gasteiger partial charge is 0.239 e. The Morgan fingerprint density at radius 2 is 2.25 bits per heavy atom. The molecule has 3 N–H and O–H groups in total. The molecular formula is C11H20N4O. The monoisotopic (exact) mass is 224 g/mol. The van der Waals surface area contributed by atoms with E-state index in [2.05, 4.69) is 10.3 Å². The molecule has 5 nitrogen and oxygen atoms in total. The van der Waals surface area contributed by atoms with Crippen molar-refractivity contribution in [1.29, 1.82) is 0 Å². The molecule has 0 aromatic carbocycles. The summed E-state index contributed by atoms with van der Waals surface area (Å²) in [6, 6.07) is 0. The zero-order valence-electron chi connectivity index (χ0n) is 10.4. The van der Waals surface area contributed by atoms with Crippen LogP contribution in [-0.2, 0) is 11.3 Å². The van der Waals surface area contributed by atoms with Gasteiger partial charge in [-0.1, -0.05) is 6.92 Å². The fourth-order valence-electron chi connectivity index (χ4n) is 1.66. The maximum absolute atomic E-state index is 11.5. The van der Waals surface area contributed by atoms with Crippen LogP contribution in [0.3, 0.4) is 0 Å². The van der Waals surface area contributed by atoms with E-state index in [-0.39, 0.29) is 5.91 Å². The lowest BCUT2D eigenvalue weighted by Gasteiger charge is -2.27. The first-order chi connectivity index (χ1) is 7.40. The molecule has 1 unspecified atom stereocenters. The van der Waals surface area contributed by atoms with Crippen LogP contribution in [-0.4, -0.2) is 27.5 Å². The maximum Gasteiger partial charge on any atom is 0.239 e. The first-order valence-corrected chi connectivity index (χ1v) is 5.44. The van der Waals surface area contributed by atoms with Gasteiger partial charge in [-0.05, 0) is 27.3 Å². The van der Waals surface area contributed by atoms with Gasteiger partial charge < -0.3 is 15.6 Å². The van der Waals surface area contributed by atoms with Crippen LogP contribution in [0.4, 0.5) is 0 Å². The largest absolute Gasteiger partial charge is 0.368 e. The Morgan fingerprint density at radius 3 is 2.62 bits per heavy atom. The van der Waals surface area contributed by atoms with Gasteiger partial charge in [-0.3, -0.25) is 4.79 Å². The van der Waals surface area contributed by atoms with Crippen LogP contribution in [0, 0.1) is 13.8 Å². The highest BCUT2D eigenvalue weighted by atomic mass is 16.1. The van der Waals surface area contributed by atoms with E-state index in [9.17, 15) is 4.79 Å². The number of nitrogens with one attached hydrogen (secondary N) is 1. The van der Waals surface area contributed by atoms with E-state index in [4.69, 9.17) is 5.73 Å². The molecule has 0 saturated heterocycles. The molecule has 0 aliphatic heterocycles. The van der Waals surface area contributed by atoms with Gasteiger partial charge in [0.25, 0.3) is 0 Å². The lowest BCUT2D eigenvalue weighted by Crippen LogP contribution is -2.55. The Balaban J connectivity index is 2.92. The van der Waals surface area contributed by atoms with Crippen molar-refractivity contribution in [1.82, 2.24) is 14.9 Å². The molecule has 0 fully saturated rings. The van der Waals surface area contributed by atoms with Crippen molar-refractivity contribution in [2.75, 3.05) is 6.54 Å². The summed E-state index contributed by atoms with van der Waals surface area (Å²) in [6.07, 6.45) is 1.74. The Hall–Kier alpha value is -1.36. The molecule has 1 rings (SSSR count). The molecule has 1 heterocycles. The molecule has 0 aliphatic carbocycles. The standard InChI is InChI=1S/C11H20N4O/c1-5-14-11(4,10(12)16)6-15-7-13-8(2)9(15)3/h7,14H,5-6H2,1-4H3,(H2,12,16). The van der Waals surface area contributed by atoms with Crippen molar-refractivity contribution in [3.63, 3.8) is 0 Å². The topological polar surface area (TPSA) is 72.9 Å². The van der Waals surface area contributed by atoms with Crippen molar-refractivity contribution in [2.45, 2.75) is 39.8 Å². The first kappa shape index (κ1) is 12.7. The van der Waals surface area contributed by atoms with Gasteiger partial charge in [-0.2, -0.15) is 0 Å². The summed E-state index contributed by atoms with van der Waals surface area (Å²) in [4.78, 5) is 15.7. The number of imidazole rings is 1. The Labute approximate surface area is 96.0 Å². The van der Waals surface area contributed by atoms with Gasteiger partial charge in [0.15, 0.2) is 0 Å². The second-order valence-electron chi connectivity index (χ2n) is 4.27. The van der Waals surface area contributed by atoms with Crippen LogP contribution < -0.4 is 11.1 Å². The molecular weight excluding hydrogens is 204 g/mol. The first-order valence-electron chi connectivity index (χ1n) is 5.44. The van der Waals surface area contributed by atoms with Crippen molar-refractivity contribution >= 4 is 5.91 Å². The molecule has 0 spiro atoms. The molecule has 0 bridgehead atoms. The third-order valence-electron chi connectivity index (χ3n) is 2.94. The summed E-state index contributed by atoms with van der Waals surface area (Å²) >= 11 is 0. The molecule has 0 saturated carbocycles. The number of rotatable bonds is 5. The average molecular weight is 224 g/mol. The number of carbonyl (C=O) groups excluding carboxylic acids is 1. The van der Waals surface area contributed by atoms with E-state index >= 15 is 0 Å². The second kappa shape index (κ2) is 4.65. The number of hydrogen-bond acceptors (Lipinski definition) is 3. The van der Waals surface area contributed by atoms with Crippen molar-refractivity contribution in [2.24, 2.45) is 5.73 Å². The zero-order valence-corrected chi connectivity index (χ0v) is 10.4. The summed E-state index contributed by atoms with van der Waals surface area (Å²) < 4.78 is 1.95. The van der Waals surface area contributed by atoms with Gasteiger partial charge in [0.2, 0.25) is 5.91 Å². The predicted molar refractivity (Wildman–Crippen MR) is 63.0 cm³/mol. The fraction of sp³-hybridized carbons (Fsp3) is 0.636. The molecule has 16 heavy (non-hydrogen) atoms. The average Bonchev–Trinajstić information content (AvgIpc) is 2.50. The molecule has 90 valence electrons. The van der Waals surface area contributed by atoms with E-state index in [1.54, 1.807) is 6.33 Å². The third kappa shape index (κ3) is 2.41. The third-order valence-corrected chi connectivity index (χ3v) is 2.94. The highest BCUT2D eigenvalue weighted by molar-refractivity contribution is 5.84. The molecule has 0 aliphatic rings. The molecule has 1 amide bonds. The van der Waals surface area contributed by atoms with Crippen molar-refractivity contribution in [3.8, 4) is 0 Å². The molecule has 1 aromatic heterocycles. The van der Waals surface area contributed by atoms with Crippen molar-refractivity contribution < 1.29 is 4.79 Å². The van der Waals surface area contributed by atoms with E-state index in [1.165, 1.54) is 0 Å². The van der Waals surface area contributed by atoms with Crippen LogP contribution in [0.5, 0.6) is 0 Å². The van der Waals surface area contributed by atoms with Gasteiger partial charge in [-0.15, -0.1) is 0 Å². The van der Waals surface area contributed by atoms with Gasteiger partial charge in [0.05, 0.1) is 18.6 Å². The van der Waals surface area contributed by atoms with E-state index in [1.807, 2.05) is 32.3 Å². The van der Waals surface area contributed by atoms with Crippen LogP contribution in [0.15, 0.2) is 6.33 Å². The molecule has 1 aromatic rings. The minimum atomic E-state index is -0.730. The maximum atomic E-state index is 11.5. The number of hydrogen-bond donors (Lipinski definition) is 2. The zero-order chi connectivity index (χ0) is 12.3. The van der Waals surface area contributed by atoms with Gasteiger partial charge in [0.1, 0.15) is 5.54 Å². The predicted octanol–water partition coefficient (Wildman–Crippen LogP) is 0.353. The SMILES string of the molecule is CCNC(C)(Cn1cnc(C)c1C)C(N)=O. The van der Waals surface area contributed by atoms with E-state index in [0.717, 1.165) is 11.4 Å². The highest BCUT2D eigenvalue weighted by Crippen LogP contribution is 2.11. The number of likely N-dealkylation sites (N-methyl/N-ethyl adjacent to an activating group) is 1. The number of nitrogens with two attached hydrogens (primary N) is 1. The van der Waals surface area contributed by atoms with E-state index < -0.39 is 5.54 Å². The molecule has 0 radical (unpaired) electrons. The van der Waals surface area contributed by atoms with Crippen LogP contribution in [0.1, 0.15) is 25.2 Å². The van der Waals surface area contributed by atoms with Crippen LogP contribution in [0.2, 0.25) is 0 Å². The van der Waals surface area contributed by atoms with E-state index in [0.29, 0.717) is 13.1 Å². The Morgan fingerprint density at radius 1 is 1.62 bits per heavy atom. The fourth-order valence-corrected chi connectivity index (χ4v) is 1.66. The van der Waals surface area contributed by atoms with Gasteiger partial charge in [0, 0.05) is 5.69 Å². The second-order valence-corrected chi connectivity index (χ2v) is 4.27. The summed E-state index contributed by atoms with van der Waals surface area (Å²) in [6.45, 7) is 8.90. The number of amides is 1. The summed E-state index contributed by atoms with van der Waals surface area (Å²) in [5.41, 5.74) is 6.73. The van der Waals surface area contributed by atoms with Crippen molar-refractivity contribution in [3.05, 3.63) is 17.7 Å². The number of primary amides is 1. The summed E-state index contributed by atoms with van der Waals surface area (Å²) in [5.74, 6) is -0.347. The number of nitrogens with zero attached hydrogens (tertiary/aromatic N) is 2. The van der Waals surface area contributed by atoms with Gasteiger partial charge >= 0.3 is 0 Å². The van der Waals surface area contributed by atoms with Crippen LogP contribution in [0.25, 0.3) is 0 Å². The molecule has 1 atom stereocenters. The molecule has 5 heteroatoms. The Bertz CT molecular complexity index is 385. The van der Waals surface area contributed by atoms with Crippen LogP contribution >= 0.6 is 0 Å². The summed E-state index contributed by atoms with van der Waals surface area (Å²) in [5, 5.41) is 3.12. The quantitative estimate of drug-likeness (QED) is 0.758. The van der Waals surface area contributed by atoms with Gasteiger partial charge in [-0.25, -0.2) is 4.98 Å².